The van der Waals surface area contributed by atoms with Crippen LogP contribution in [0.3, 0.4) is 0 Å². The minimum atomic E-state index is -1.44. The number of urea groups is 2. The normalized spacial score (nSPS) is 22.5. The molecule has 11 heteroatoms. The molecule has 5 amide bonds. The molecule has 1 fully saturated rings. The minimum absolute atomic E-state index is 0.134. The number of nitrogens with zero attached hydrogens (tertiary/aromatic N) is 1. The Bertz CT molecular complexity index is 1250. The molecule has 0 bridgehead atoms. The lowest BCUT2D eigenvalue weighted by molar-refractivity contribution is -0.136. The van der Waals surface area contributed by atoms with Crippen molar-refractivity contribution >= 4 is 29.4 Å². The third-order valence-corrected chi connectivity index (χ3v) is 6.53. The predicted octanol–water partition coefficient (Wildman–Crippen LogP) is 1.93. The fraction of sp³-hybridized carbons (Fsp3) is 0.333. The van der Waals surface area contributed by atoms with Crippen molar-refractivity contribution in [2.24, 2.45) is 5.92 Å². The molecule has 0 aliphatic carbocycles. The number of ether oxygens (including phenoxy) is 2. The number of hydrogen-bond acceptors (Lipinski definition) is 6. The number of ketones is 1. The summed E-state index contributed by atoms with van der Waals surface area (Å²) in [6, 6.07) is 7.83. The van der Waals surface area contributed by atoms with E-state index < -0.39 is 41.8 Å². The molecule has 35 heavy (non-hydrogen) atoms. The number of hydrogen-bond donors (Lipinski definition) is 3. The first-order valence-corrected chi connectivity index (χ1v) is 11.1. The number of fused-ring (bicyclic) bond motifs is 3. The first-order valence-electron chi connectivity index (χ1n) is 11.1. The van der Waals surface area contributed by atoms with Gasteiger partial charge in [0.15, 0.2) is 11.3 Å². The Morgan fingerprint density at radius 2 is 2.00 bits per heavy atom. The quantitative estimate of drug-likeness (QED) is 0.572. The average molecular weight is 482 g/mol. The molecule has 3 aliphatic heterocycles. The molecule has 5 rings (SSSR count). The molecule has 0 aromatic heterocycles. The summed E-state index contributed by atoms with van der Waals surface area (Å²) in [7, 11) is 1.48. The summed E-state index contributed by atoms with van der Waals surface area (Å²) in [5, 5.41) is 7.74. The molecule has 3 heterocycles. The van der Waals surface area contributed by atoms with E-state index in [0.29, 0.717) is 34.7 Å². The fourth-order valence-electron chi connectivity index (χ4n) is 4.67. The SMILES string of the molecule is CNC(=O)Nc1ccc2c(c1)OCC21NC(=O)N(CC(=O)C2CCOc3ccc(F)cc3C2)C1=O. The zero-order valence-electron chi connectivity index (χ0n) is 18.9. The van der Waals surface area contributed by atoms with E-state index in [0.717, 1.165) is 4.90 Å². The molecule has 0 saturated carbocycles. The van der Waals surface area contributed by atoms with Gasteiger partial charge in [0.2, 0.25) is 0 Å². The molecular weight excluding hydrogens is 459 g/mol. The van der Waals surface area contributed by atoms with Gasteiger partial charge in [-0.1, -0.05) is 6.07 Å². The van der Waals surface area contributed by atoms with E-state index in [1.165, 1.54) is 25.2 Å². The number of carbonyl (C=O) groups is 4. The molecule has 3 N–H and O–H groups in total. The number of rotatable bonds is 4. The van der Waals surface area contributed by atoms with Gasteiger partial charge in [0.1, 0.15) is 23.9 Å². The lowest BCUT2D eigenvalue weighted by atomic mass is 9.90. The van der Waals surface area contributed by atoms with Crippen LogP contribution >= 0.6 is 0 Å². The van der Waals surface area contributed by atoms with Gasteiger partial charge in [-0.3, -0.25) is 14.5 Å². The van der Waals surface area contributed by atoms with Crippen molar-refractivity contribution in [3.63, 3.8) is 0 Å². The van der Waals surface area contributed by atoms with Gasteiger partial charge in [-0.15, -0.1) is 0 Å². The summed E-state index contributed by atoms with van der Waals surface area (Å²) in [6.07, 6.45) is 0.644. The zero-order chi connectivity index (χ0) is 24.7. The lowest BCUT2D eigenvalue weighted by Gasteiger charge is -2.20. The van der Waals surface area contributed by atoms with Crippen LogP contribution in [-0.4, -0.2) is 55.5 Å². The summed E-state index contributed by atoms with van der Waals surface area (Å²) in [4.78, 5) is 51.8. The van der Waals surface area contributed by atoms with Crippen molar-refractivity contribution < 1.29 is 33.0 Å². The summed E-state index contributed by atoms with van der Waals surface area (Å²) < 4.78 is 25.0. The lowest BCUT2D eigenvalue weighted by Crippen LogP contribution is -2.46. The fourth-order valence-corrected chi connectivity index (χ4v) is 4.67. The van der Waals surface area contributed by atoms with Gasteiger partial charge in [-0.2, -0.15) is 0 Å². The van der Waals surface area contributed by atoms with Crippen molar-refractivity contribution in [2.75, 3.05) is 32.1 Å². The van der Waals surface area contributed by atoms with E-state index in [9.17, 15) is 23.6 Å². The van der Waals surface area contributed by atoms with Crippen LogP contribution in [0.5, 0.6) is 11.5 Å². The van der Waals surface area contributed by atoms with E-state index in [-0.39, 0.29) is 25.4 Å². The van der Waals surface area contributed by atoms with Crippen molar-refractivity contribution in [2.45, 2.75) is 18.4 Å². The van der Waals surface area contributed by atoms with Gasteiger partial charge in [0, 0.05) is 30.3 Å². The van der Waals surface area contributed by atoms with E-state index in [1.807, 2.05) is 0 Å². The number of halogens is 1. The molecule has 0 radical (unpaired) electrons. The number of anilines is 1. The van der Waals surface area contributed by atoms with Gasteiger partial charge >= 0.3 is 12.1 Å². The predicted molar refractivity (Wildman–Crippen MR) is 121 cm³/mol. The first kappa shape index (κ1) is 22.6. The summed E-state index contributed by atoms with van der Waals surface area (Å²) in [6.45, 7) is -0.273. The third-order valence-electron chi connectivity index (χ3n) is 6.53. The maximum absolute atomic E-state index is 13.7. The molecule has 3 aliphatic rings. The Morgan fingerprint density at radius 3 is 2.80 bits per heavy atom. The summed E-state index contributed by atoms with van der Waals surface area (Å²) in [5.74, 6) is -0.972. The maximum Gasteiger partial charge on any atom is 0.325 e. The van der Waals surface area contributed by atoms with Crippen LogP contribution in [-0.2, 0) is 21.5 Å². The molecule has 182 valence electrons. The molecule has 2 aromatic carbocycles. The molecule has 2 unspecified atom stereocenters. The van der Waals surface area contributed by atoms with Crippen molar-refractivity contribution in [3.05, 3.63) is 53.3 Å². The van der Waals surface area contributed by atoms with Crippen LogP contribution in [0, 0.1) is 11.7 Å². The van der Waals surface area contributed by atoms with Crippen LogP contribution < -0.4 is 25.4 Å². The minimum Gasteiger partial charge on any atom is -0.493 e. The number of nitrogens with one attached hydrogen (secondary N) is 3. The van der Waals surface area contributed by atoms with Crippen molar-refractivity contribution in [1.82, 2.24) is 15.5 Å². The van der Waals surface area contributed by atoms with Gasteiger partial charge in [0.05, 0.1) is 13.2 Å². The highest BCUT2D eigenvalue weighted by molar-refractivity contribution is 6.10. The van der Waals surface area contributed by atoms with Crippen molar-refractivity contribution in [1.29, 1.82) is 0 Å². The Labute approximate surface area is 199 Å². The molecule has 10 nitrogen and oxygen atoms in total. The number of carbonyl (C=O) groups excluding carboxylic acids is 4. The average Bonchev–Trinajstić information content (AvgIpc) is 3.20. The monoisotopic (exact) mass is 482 g/mol. The smallest absolute Gasteiger partial charge is 0.325 e. The third kappa shape index (κ3) is 3.92. The van der Waals surface area contributed by atoms with Crippen LogP contribution in [0.2, 0.25) is 0 Å². The number of imide groups is 1. The van der Waals surface area contributed by atoms with Crippen LogP contribution in [0.4, 0.5) is 19.7 Å². The van der Waals surface area contributed by atoms with Crippen LogP contribution in [0.25, 0.3) is 0 Å². The number of Topliss-reactive ketones (excluding diaryl/α,β-unsaturated/α-hetero) is 1. The van der Waals surface area contributed by atoms with Crippen LogP contribution in [0.15, 0.2) is 36.4 Å². The highest BCUT2D eigenvalue weighted by Crippen LogP contribution is 2.42. The highest BCUT2D eigenvalue weighted by atomic mass is 19.1. The Kier molecular flexibility index (Phi) is 5.54. The largest absolute Gasteiger partial charge is 0.493 e. The first-order chi connectivity index (χ1) is 16.8. The van der Waals surface area contributed by atoms with E-state index in [2.05, 4.69) is 16.0 Å². The maximum atomic E-state index is 13.7. The molecule has 2 aromatic rings. The molecule has 1 spiro atoms. The van der Waals surface area contributed by atoms with Gasteiger partial charge in [-0.05, 0) is 42.7 Å². The van der Waals surface area contributed by atoms with E-state index in [1.54, 1.807) is 18.2 Å². The van der Waals surface area contributed by atoms with E-state index >= 15 is 0 Å². The second-order valence-electron chi connectivity index (χ2n) is 8.69. The zero-order valence-corrected chi connectivity index (χ0v) is 18.9. The second kappa shape index (κ2) is 8.57. The van der Waals surface area contributed by atoms with Crippen LogP contribution in [0.1, 0.15) is 17.5 Å². The second-order valence-corrected chi connectivity index (χ2v) is 8.69. The van der Waals surface area contributed by atoms with Gasteiger partial charge in [-0.25, -0.2) is 14.0 Å². The number of amides is 5. The van der Waals surface area contributed by atoms with Crippen molar-refractivity contribution in [3.8, 4) is 11.5 Å². The van der Waals surface area contributed by atoms with Gasteiger partial charge in [0.25, 0.3) is 5.91 Å². The Hall–Kier alpha value is -4.15. The Balaban J connectivity index is 1.33. The highest BCUT2D eigenvalue weighted by Gasteiger charge is 2.57. The topological polar surface area (TPSA) is 126 Å². The standard InChI is InChI=1S/C24H23FN4O6/c1-26-22(32)27-16-3-4-17-20(10-16)35-12-24(17)21(31)29(23(33)28-24)11-18(30)13-6-7-34-19-5-2-15(25)9-14(19)8-13/h2-5,9-10,13H,6-8,11-12H2,1H3,(H,28,33)(H2,26,27,32). The van der Waals surface area contributed by atoms with Gasteiger partial charge < -0.3 is 25.4 Å². The van der Waals surface area contributed by atoms with E-state index in [4.69, 9.17) is 9.47 Å². The number of benzene rings is 2. The Morgan fingerprint density at radius 1 is 1.17 bits per heavy atom. The summed E-state index contributed by atoms with van der Waals surface area (Å²) >= 11 is 0. The molecular formula is C24H23FN4O6. The molecule has 1 saturated heterocycles. The molecule has 2 atom stereocenters. The summed E-state index contributed by atoms with van der Waals surface area (Å²) in [5.41, 5.74) is 0.0335.